The zero-order chi connectivity index (χ0) is 13.9. The van der Waals surface area contributed by atoms with Crippen LogP contribution in [0.1, 0.15) is 5.56 Å². The summed E-state index contributed by atoms with van der Waals surface area (Å²) in [6, 6.07) is 16.9. The maximum absolute atomic E-state index is 11.2. The molecule has 0 unspecified atom stereocenters. The first kappa shape index (κ1) is 12.3. The van der Waals surface area contributed by atoms with Crippen LogP contribution >= 0.6 is 0 Å². The van der Waals surface area contributed by atoms with E-state index in [2.05, 4.69) is 0 Å². The molecule has 1 heterocycles. The van der Waals surface area contributed by atoms with Gasteiger partial charge >= 0.3 is 6.03 Å². The predicted molar refractivity (Wildman–Crippen MR) is 77.7 cm³/mol. The van der Waals surface area contributed by atoms with Crippen LogP contribution in [0.4, 0.5) is 4.79 Å². The predicted octanol–water partition coefficient (Wildman–Crippen LogP) is 3.15. The molecule has 0 saturated heterocycles. The van der Waals surface area contributed by atoms with Crippen molar-refractivity contribution >= 4 is 16.9 Å². The monoisotopic (exact) mass is 266 g/mol. The summed E-state index contributed by atoms with van der Waals surface area (Å²) in [7, 11) is 0. The highest BCUT2D eigenvalue weighted by molar-refractivity contribution is 5.91. The molecule has 2 N–H and O–H groups in total. The fourth-order valence-electron chi connectivity index (χ4n) is 2.14. The molecule has 0 spiro atoms. The molecule has 3 aromatic rings. The van der Waals surface area contributed by atoms with Gasteiger partial charge in [0.1, 0.15) is 12.4 Å². The molecule has 100 valence electrons. The summed E-state index contributed by atoms with van der Waals surface area (Å²) in [6.45, 7) is 0.517. The van der Waals surface area contributed by atoms with Crippen molar-refractivity contribution in [1.29, 1.82) is 0 Å². The molecule has 0 aliphatic rings. The van der Waals surface area contributed by atoms with E-state index in [1.807, 2.05) is 54.6 Å². The average Bonchev–Trinajstić information content (AvgIpc) is 2.89. The maximum Gasteiger partial charge on any atom is 0.323 e. The van der Waals surface area contributed by atoms with Gasteiger partial charge in [-0.15, -0.1) is 0 Å². The number of hydrogen-bond donors (Lipinski definition) is 1. The zero-order valence-corrected chi connectivity index (χ0v) is 10.8. The number of carbonyl (C=O) groups excluding carboxylic acids is 1. The molecule has 2 aromatic carbocycles. The molecule has 0 bridgehead atoms. The van der Waals surface area contributed by atoms with Gasteiger partial charge in [-0.05, 0) is 29.8 Å². The SMILES string of the molecule is NC(=O)n1ccc2cc(OCc3ccccc3)ccc21. The third-order valence-corrected chi connectivity index (χ3v) is 3.15. The number of amides is 1. The van der Waals surface area contributed by atoms with Crippen LogP contribution in [0.3, 0.4) is 0 Å². The van der Waals surface area contributed by atoms with Gasteiger partial charge in [-0.1, -0.05) is 30.3 Å². The van der Waals surface area contributed by atoms with Crippen molar-refractivity contribution in [3.8, 4) is 5.75 Å². The van der Waals surface area contributed by atoms with Crippen molar-refractivity contribution in [3.05, 3.63) is 66.4 Å². The molecule has 1 aromatic heterocycles. The lowest BCUT2D eigenvalue weighted by atomic mass is 10.2. The Hall–Kier alpha value is -2.75. The molecule has 0 fully saturated rings. The molecule has 0 aliphatic heterocycles. The fourth-order valence-corrected chi connectivity index (χ4v) is 2.14. The molecular weight excluding hydrogens is 252 g/mol. The highest BCUT2D eigenvalue weighted by atomic mass is 16.5. The Morgan fingerprint density at radius 2 is 1.90 bits per heavy atom. The van der Waals surface area contributed by atoms with Gasteiger partial charge < -0.3 is 10.5 Å². The summed E-state index contributed by atoms with van der Waals surface area (Å²) >= 11 is 0. The first-order chi connectivity index (χ1) is 9.74. The lowest BCUT2D eigenvalue weighted by Crippen LogP contribution is -2.17. The number of aromatic nitrogens is 1. The second-order valence-corrected chi connectivity index (χ2v) is 4.52. The van der Waals surface area contributed by atoms with Crippen LogP contribution in [0.2, 0.25) is 0 Å². The number of nitrogens with two attached hydrogens (primary N) is 1. The first-order valence-corrected chi connectivity index (χ1v) is 6.32. The van der Waals surface area contributed by atoms with E-state index >= 15 is 0 Å². The van der Waals surface area contributed by atoms with E-state index in [1.54, 1.807) is 6.20 Å². The van der Waals surface area contributed by atoms with Crippen LogP contribution in [0.25, 0.3) is 10.9 Å². The summed E-state index contributed by atoms with van der Waals surface area (Å²) < 4.78 is 7.16. The topological polar surface area (TPSA) is 57.2 Å². The van der Waals surface area contributed by atoms with Gasteiger partial charge in [0.2, 0.25) is 0 Å². The van der Waals surface area contributed by atoms with Gasteiger partial charge in [-0.25, -0.2) is 4.79 Å². The van der Waals surface area contributed by atoms with Gasteiger partial charge in [0.15, 0.2) is 0 Å². The number of nitrogens with zero attached hydrogens (tertiary/aromatic N) is 1. The Morgan fingerprint density at radius 3 is 2.65 bits per heavy atom. The number of benzene rings is 2. The molecule has 0 radical (unpaired) electrons. The van der Waals surface area contributed by atoms with E-state index in [1.165, 1.54) is 4.57 Å². The van der Waals surface area contributed by atoms with Gasteiger partial charge in [-0.3, -0.25) is 4.57 Å². The highest BCUT2D eigenvalue weighted by Crippen LogP contribution is 2.22. The molecule has 0 aliphatic carbocycles. The highest BCUT2D eigenvalue weighted by Gasteiger charge is 2.06. The number of hydrogen-bond acceptors (Lipinski definition) is 2. The lowest BCUT2D eigenvalue weighted by Gasteiger charge is -2.07. The Labute approximate surface area is 116 Å². The van der Waals surface area contributed by atoms with E-state index < -0.39 is 6.03 Å². The molecule has 4 heteroatoms. The number of fused-ring (bicyclic) bond motifs is 1. The number of carbonyl (C=O) groups is 1. The Kier molecular flexibility index (Phi) is 3.13. The average molecular weight is 266 g/mol. The normalized spacial score (nSPS) is 10.6. The minimum atomic E-state index is -0.488. The van der Waals surface area contributed by atoms with Crippen LogP contribution in [-0.2, 0) is 6.61 Å². The Bertz CT molecular complexity index is 748. The second kappa shape index (κ2) is 5.09. The van der Waals surface area contributed by atoms with Crippen molar-refractivity contribution in [2.75, 3.05) is 0 Å². The standard InChI is InChI=1S/C16H14N2O2/c17-16(19)18-9-8-13-10-14(6-7-15(13)18)20-11-12-4-2-1-3-5-12/h1-10H,11H2,(H2,17,19). The number of primary amides is 1. The molecule has 3 rings (SSSR count). The first-order valence-electron chi connectivity index (χ1n) is 6.32. The van der Waals surface area contributed by atoms with E-state index in [4.69, 9.17) is 10.5 Å². The van der Waals surface area contributed by atoms with Crippen molar-refractivity contribution < 1.29 is 9.53 Å². The summed E-state index contributed by atoms with van der Waals surface area (Å²) in [6.07, 6.45) is 1.66. The quantitative estimate of drug-likeness (QED) is 0.791. The Morgan fingerprint density at radius 1 is 1.10 bits per heavy atom. The van der Waals surface area contributed by atoms with Crippen molar-refractivity contribution in [3.63, 3.8) is 0 Å². The van der Waals surface area contributed by atoms with E-state index in [0.29, 0.717) is 6.61 Å². The molecule has 0 saturated carbocycles. The van der Waals surface area contributed by atoms with Crippen LogP contribution in [0.15, 0.2) is 60.8 Å². The van der Waals surface area contributed by atoms with Gasteiger partial charge in [0.05, 0.1) is 5.52 Å². The van der Waals surface area contributed by atoms with Gasteiger partial charge in [0.25, 0.3) is 0 Å². The smallest absolute Gasteiger partial charge is 0.323 e. The van der Waals surface area contributed by atoms with Crippen molar-refractivity contribution in [2.45, 2.75) is 6.61 Å². The molecule has 1 amide bonds. The lowest BCUT2D eigenvalue weighted by molar-refractivity contribution is 0.251. The largest absolute Gasteiger partial charge is 0.489 e. The van der Waals surface area contributed by atoms with Crippen LogP contribution < -0.4 is 10.5 Å². The van der Waals surface area contributed by atoms with E-state index in [9.17, 15) is 4.79 Å². The summed E-state index contributed by atoms with van der Waals surface area (Å²) in [5, 5.41) is 0.925. The van der Waals surface area contributed by atoms with E-state index in [0.717, 1.165) is 22.2 Å². The maximum atomic E-state index is 11.2. The molecular formula is C16H14N2O2. The van der Waals surface area contributed by atoms with Gasteiger partial charge in [0, 0.05) is 11.6 Å². The molecule has 0 atom stereocenters. The van der Waals surface area contributed by atoms with Crippen molar-refractivity contribution in [2.24, 2.45) is 5.73 Å². The van der Waals surface area contributed by atoms with Crippen molar-refractivity contribution in [1.82, 2.24) is 4.57 Å². The summed E-state index contributed by atoms with van der Waals surface area (Å²) in [5.41, 5.74) is 7.19. The fraction of sp³-hybridized carbons (Fsp3) is 0.0625. The third kappa shape index (κ3) is 2.36. The number of rotatable bonds is 3. The molecule has 4 nitrogen and oxygen atoms in total. The van der Waals surface area contributed by atoms with Crippen LogP contribution in [0, 0.1) is 0 Å². The minimum absolute atomic E-state index is 0.488. The summed E-state index contributed by atoms with van der Waals surface area (Å²) in [4.78, 5) is 11.2. The summed E-state index contributed by atoms with van der Waals surface area (Å²) in [5.74, 6) is 0.767. The number of ether oxygens (including phenoxy) is 1. The Balaban J connectivity index is 1.81. The third-order valence-electron chi connectivity index (χ3n) is 3.15. The minimum Gasteiger partial charge on any atom is -0.489 e. The van der Waals surface area contributed by atoms with Gasteiger partial charge in [-0.2, -0.15) is 0 Å². The zero-order valence-electron chi connectivity index (χ0n) is 10.8. The second-order valence-electron chi connectivity index (χ2n) is 4.52. The van der Waals surface area contributed by atoms with Crippen LogP contribution in [-0.4, -0.2) is 10.6 Å². The molecule has 20 heavy (non-hydrogen) atoms. The van der Waals surface area contributed by atoms with E-state index in [-0.39, 0.29) is 0 Å². The van der Waals surface area contributed by atoms with Crippen LogP contribution in [0.5, 0.6) is 5.75 Å².